The Kier molecular flexibility index (Phi) is 4.53. The van der Waals surface area contributed by atoms with Crippen molar-refractivity contribution in [2.24, 2.45) is 0 Å². The number of nitrogens with zero attached hydrogens (tertiary/aromatic N) is 2. The fourth-order valence-electron chi connectivity index (χ4n) is 2.91. The molecule has 6 heteroatoms. The molecule has 0 saturated carbocycles. The molecule has 0 atom stereocenters. The highest BCUT2D eigenvalue weighted by Gasteiger charge is 2.13. The van der Waals surface area contributed by atoms with Crippen LogP contribution >= 0.6 is 0 Å². The van der Waals surface area contributed by atoms with Gasteiger partial charge in [0, 0.05) is 0 Å². The Morgan fingerprint density at radius 3 is 2.32 bits per heavy atom. The molecule has 1 aromatic heterocycles. The van der Waals surface area contributed by atoms with Crippen LogP contribution in [-0.4, -0.2) is 9.55 Å². The zero-order valence-corrected chi connectivity index (χ0v) is 14.4. The van der Waals surface area contributed by atoms with Crippen molar-refractivity contribution in [3.8, 4) is 5.69 Å². The second-order valence-electron chi connectivity index (χ2n) is 6.09. The summed E-state index contributed by atoms with van der Waals surface area (Å²) in [4.78, 5) is 17.5. The molecule has 0 bridgehead atoms. The van der Waals surface area contributed by atoms with E-state index in [1.807, 2.05) is 0 Å². The van der Waals surface area contributed by atoms with Crippen LogP contribution in [0.5, 0.6) is 0 Å². The van der Waals surface area contributed by atoms with Gasteiger partial charge in [-0.1, -0.05) is 36.4 Å². The molecule has 4 aromatic rings. The molecule has 28 heavy (non-hydrogen) atoms. The molecule has 0 N–H and O–H groups in total. The maximum absolute atomic E-state index is 14.4. The van der Waals surface area contributed by atoms with Crippen molar-refractivity contribution in [1.82, 2.24) is 9.55 Å². The summed E-state index contributed by atoms with van der Waals surface area (Å²) in [5.41, 5.74) is 0.447. The first kappa shape index (κ1) is 17.7. The molecule has 4 rings (SSSR count). The van der Waals surface area contributed by atoms with Gasteiger partial charge in [0.2, 0.25) is 0 Å². The fraction of sp³-hybridized carbons (Fsp3) is 0. The van der Waals surface area contributed by atoms with Crippen molar-refractivity contribution >= 4 is 23.1 Å². The summed E-state index contributed by atoms with van der Waals surface area (Å²) in [6.45, 7) is 0. The molecule has 0 fully saturated rings. The van der Waals surface area contributed by atoms with Crippen molar-refractivity contribution in [3.63, 3.8) is 0 Å². The lowest BCUT2D eigenvalue weighted by Gasteiger charge is -2.12. The highest BCUT2D eigenvalue weighted by molar-refractivity contribution is 5.80. The molecule has 0 amide bonds. The van der Waals surface area contributed by atoms with Crippen molar-refractivity contribution in [2.45, 2.75) is 0 Å². The summed E-state index contributed by atoms with van der Waals surface area (Å²) in [7, 11) is 0. The van der Waals surface area contributed by atoms with Crippen LogP contribution in [0.1, 0.15) is 11.4 Å². The van der Waals surface area contributed by atoms with Crippen molar-refractivity contribution < 1.29 is 13.2 Å². The fourth-order valence-corrected chi connectivity index (χ4v) is 2.91. The van der Waals surface area contributed by atoms with Crippen LogP contribution in [0.3, 0.4) is 0 Å². The third-order valence-electron chi connectivity index (χ3n) is 4.26. The Balaban J connectivity index is 1.95. The second kappa shape index (κ2) is 7.15. The number of para-hydroxylation sites is 2. The van der Waals surface area contributed by atoms with Crippen LogP contribution in [0.15, 0.2) is 71.5 Å². The van der Waals surface area contributed by atoms with Crippen LogP contribution in [0.4, 0.5) is 13.2 Å². The molecular weight excluding hydrogens is 365 g/mol. The smallest absolute Gasteiger partial charge is 0.266 e. The van der Waals surface area contributed by atoms with E-state index in [0.717, 1.165) is 16.7 Å². The number of benzene rings is 3. The first-order valence-electron chi connectivity index (χ1n) is 8.44. The van der Waals surface area contributed by atoms with E-state index in [1.54, 1.807) is 30.3 Å². The van der Waals surface area contributed by atoms with Crippen molar-refractivity contribution in [3.05, 3.63) is 106 Å². The number of rotatable bonds is 3. The Morgan fingerprint density at radius 2 is 1.54 bits per heavy atom. The molecular formula is C22H13F3N2O. The third-order valence-corrected chi connectivity index (χ3v) is 4.26. The number of fused-ring (bicyclic) bond motifs is 1. The van der Waals surface area contributed by atoms with Gasteiger partial charge in [-0.25, -0.2) is 18.2 Å². The van der Waals surface area contributed by atoms with Crippen LogP contribution < -0.4 is 5.56 Å². The highest BCUT2D eigenvalue weighted by atomic mass is 19.2. The number of aromatic nitrogens is 2. The molecule has 138 valence electrons. The van der Waals surface area contributed by atoms with Crippen molar-refractivity contribution in [1.29, 1.82) is 0 Å². The summed E-state index contributed by atoms with van der Waals surface area (Å²) in [6, 6.07) is 16.0. The van der Waals surface area contributed by atoms with E-state index in [4.69, 9.17) is 0 Å². The van der Waals surface area contributed by atoms with Crippen molar-refractivity contribution in [2.75, 3.05) is 0 Å². The van der Waals surface area contributed by atoms with Crippen LogP contribution in [0.25, 0.3) is 28.7 Å². The van der Waals surface area contributed by atoms with Crippen LogP contribution in [0, 0.1) is 17.5 Å². The molecule has 3 aromatic carbocycles. The van der Waals surface area contributed by atoms with E-state index in [1.165, 1.54) is 36.4 Å². The Labute approximate surface area is 158 Å². The first-order chi connectivity index (χ1) is 13.5. The zero-order chi connectivity index (χ0) is 19.7. The van der Waals surface area contributed by atoms with Crippen LogP contribution in [0.2, 0.25) is 0 Å². The lowest BCUT2D eigenvalue weighted by molar-refractivity contribution is 0.508. The van der Waals surface area contributed by atoms with Gasteiger partial charge < -0.3 is 0 Å². The SMILES string of the molecule is O=c1c2ccccc2nc(C=Cc2ccc(F)c(F)c2)n1-c1ccccc1F. The van der Waals surface area contributed by atoms with Gasteiger partial charge in [0.05, 0.1) is 16.6 Å². The number of halogens is 3. The molecule has 1 heterocycles. The van der Waals surface area contributed by atoms with Gasteiger partial charge in [0.25, 0.3) is 5.56 Å². The first-order valence-corrected chi connectivity index (χ1v) is 8.44. The monoisotopic (exact) mass is 378 g/mol. The normalized spacial score (nSPS) is 11.4. The molecule has 0 radical (unpaired) electrons. The highest BCUT2D eigenvalue weighted by Crippen LogP contribution is 2.18. The minimum absolute atomic E-state index is 0.0516. The topological polar surface area (TPSA) is 34.9 Å². The van der Waals surface area contributed by atoms with Gasteiger partial charge in [-0.05, 0) is 48.0 Å². The quantitative estimate of drug-likeness (QED) is 0.504. The van der Waals surface area contributed by atoms with Gasteiger partial charge in [-0.3, -0.25) is 9.36 Å². The lowest BCUT2D eigenvalue weighted by Crippen LogP contribution is -2.23. The Morgan fingerprint density at radius 1 is 0.786 bits per heavy atom. The largest absolute Gasteiger partial charge is 0.268 e. The van der Waals surface area contributed by atoms with Gasteiger partial charge in [-0.2, -0.15) is 0 Å². The maximum atomic E-state index is 14.4. The van der Waals surface area contributed by atoms with Gasteiger partial charge in [0.15, 0.2) is 11.6 Å². The summed E-state index contributed by atoms with van der Waals surface area (Å²) in [5, 5.41) is 0.343. The molecule has 0 aliphatic heterocycles. The van der Waals surface area contributed by atoms with E-state index in [-0.39, 0.29) is 11.5 Å². The molecule has 0 saturated heterocycles. The Bertz CT molecular complexity index is 1280. The molecule has 0 spiro atoms. The maximum Gasteiger partial charge on any atom is 0.266 e. The van der Waals surface area contributed by atoms with E-state index >= 15 is 0 Å². The predicted molar refractivity (Wildman–Crippen MR) is 103 cm³/mol. The third kappa shape index (κ3) is 3.20. The minimum atomic E-state index is -0.986. The summed E-state index contributed by atoms with van der Waals surface area (Å²) in [5.74, 6) is -2.35. The van der Waals surface area contributed by atoms with E-state index in [0.29, 0.717) is 16.5 Å². The summed E-state index contributed by atoms with van der Waals surface area (Å²) >= 11 is 0. The van der Waals surface area contributed by atoms with Gasteiger partial charge in [0.1, 0.15) is 11.6 Å². The number of hydrogen-bond acceptors (Lipinski definition) is 2. The zero-order valence-electron chi connectivity index (χ0n) is 14.4. The standard InChI is InChI=1S/C22H13F3N2O/c23-16-11-9-14(13-18(16)25)10-12-21-26-19-7-3-1-5-15(19)22(28)27(21)20-8-4-2-6-17(20)24/h1-13H. The average Bonchev–Trinajstić information content (AvgIpc) is 2.70. The number of hydrogen-bond donors (Lipinski definition) is 0. The minimum Gasteiger partial charge on any atom is -0.268 e. The van der Waals surface area contributed by atoms with E-state index in [9.17, 15) is 18.0 Å². The summed E-state index contributed by atoms with van der Waals surface area (Å²) < 4.78 is 42.1. The van der Waals surface area contributed by atoms with E-state index in [2.05, 4.69) is 4.98 Å². The molecule has 0 aliphatic rings. The molecule has 0 aliphatic carbocycles. The van der Waals surface area contributed by atoms with Crippen LogP contribution in [-0.2, 0) is 0 Å². The van der Waals surface area contributed by atoms with E-state index < -0.39 is 23.0 Å². The lowest BCUT2D eigenvalue weighted by atomic mass is 10.2. The molecule has 3 nitrogen and oxygen atoms in total. The molecule has 0 unspecified atom stereocenters. The Hall–Kier alpha value is -3.67. The van der Waals surface area contributed by atoms with Gasteiger partial charge in [-0.15, -0.1) is 0 Å². The van der Waals surface area contributed by atoms with Gasteiger partial charge >= 0.3 is 0 Å². The summed E-state index contributed by atoms with van der Waals surface area (Å²) in [6.07, 6.45) is 2.95. The predicted octanol–water partition coefficient (Wildman–Crippen LogP) is 4.97. The average molecular weight is 378 g/mol. The second-order valence-corrected chi connectivity index (χ2v) is 6.09.